The molecular formula is C17H16O2. The van der Waals surface area contributed by atoms with Gasteiger partial charge in [-0.15, -0.1) is 0 Å². The first kappa shape index (κ1) is 13.2. The summed E-state index contributed by atoms with van der Waals surface area (Å²) in [4.78, 5) is 0. The van der Waals surface area contributed by atoms with E-state index in [0.717, 1.165) is 22.4 Å². The van der Waals surface area contributed by atoms with E-state index in [2.05, 4.69) is 11.8 Å². The first-order valence-corrected chi connectivity index (χ1v) is 6.13. The van der Waals surface area contributed by atoms with E-state index in [9.17, 15) is 5.11 Å². The molecule has 2 aromatic rings. The van der Waals surface area contributed by atoms with Gasteiger partial charge < -0.3 is 9.84 Å². The maximum Gasteiger partial charge on any atom is 0.120 e. The Morgan fingerprint density at radius 3 is 2.32 bits per heavy atom. The number of methoxy groups -OCH3 is 1. The van der Waals surface area contributed by atoms with Crippen molar-refractivity contribution < 1.29 is 9.84 Å². The number of rotatable bonds is 2. The summed E-state index contributed by atoms with van der Waals surface area (Å²) in [5.41, 5.74) is 2.73. The smallest absolute Gasteiger partial charge is 0.120 e. The standard InChI is InChI=1S/C17H16O2/c1-13(18)16-10-8-14(9-11-16)6-7-15-4-3-5-17(12-15)19-2/h3-5,8-13,18H,1-2H3/t13-/m0/s1. The third-order valence-electron chi connectivity index (χ3n) is 2.81. The van der Waals surface area contributed by atoms with Crippen LogP contribution in [0.15, 0.2) is 48.5 Å². The lowest BCUT2D eigenvalue weighted by Crippen LogP contribution is -1.89. The Balaban J connectivity index is 2.18. The van der Waals surface area contributed by atoms with Gasteiger partial charge in [0.05, 0.1) is 13.2 Å². The summed E-state index contributed by atoms with van der Waals surface area (Å²) < 4.78 is 5.15. The Morgan fingerprint density at radius 2 is 1.68 bits per heavy atom. The fourth-order valence-electron chi connectivity index (χ4n) is 1.69. The van der Waals surface area contributed by atoms with Crippen molar-refractivity contribution in [3.63, 3.8) is 0 Å². The normalized spacial score (nSPS) is 11.3. The van der Waals surface area contributed by atoms with Crippen LogP contribution < -0.4 is 4.74 Å². The molecule has 2 heteroatoms. The van der Waals surface area contributed by atoms with Gasteiger partial charge in [-0.1, -0.05) is 30.0 Å². The largest absolute Gasteiger partial charge is 0.497 e. The number of aliphatic hydroxyl groups is 1. The minimum Gasteiger partial charge on any atom is -0.497 e. The molecule has 0 heterocycles. The molecule has 0 aliphatic heterocycles. The van der Waals surface area contributed by atoms with Crippen LogP contribution in [0.25, 0.3) is 0 Å². The van der Waals surface area contributed by atoms with Crippen LogP contribution >= 0.6 is 0 Å². The lowest BCUT2D eigenvalue weighted by molar-refractivity contribution is 0.199. The second-order valence-corrected chi connectivity index (χ2v) is 4.28. The molecule has 96 valence electrons. The van der Waals surface area contributed by atoms with Gasteiger partial charge in [0.1, 0.15) is 5.75 Å². The molecule has 1 N–H and O–H groups in total. The first-order valence-electron chi connectivity index (χ1n) is 6.13. The molecule has 0 bridgehead atoms. The molecule has 0 saturated carbocycles. The fourth-order valence-corrected chi connectivity index (χ4v) is 1.69. The minimum absolute atomic E-state index is 0.444. The van der Waals surface area contributed by atoms with Crippen LogP contribution in [0.2, 0.25) is 0 Å². The number of hydrogen-bond donors (Lipinski definition) is 1. The molecule has 19 heavy (non-hydrogen) atoms. The van der Waals surface area contributed by atoms with Gasteiger partial charge in [-0.25, -0.2) is 0 Å². The van der Waals surface area contributed by atoms with Crippen molar-refractivity contribution in [2.24, 2.45) is 0 Å². The van der Waals surface area contributed by atoms with E-state index in [0.29, 0.717) is 0 Å². The first-order chi connectivity index (χ1) is 9.19. The highest BCUT2D eigenvalue weighted by molar-refractivity contribution is 5.45. The van der Waals surface area contributed by atoms with E-state index in [1.165, 1.54) is 0 Å². The SMILES string of the molecule is COc1cccc(C#Cc2ccc([C@H](C)O)cc2)c1. The average molecular weight is 252 g/mol. The van der Waals surface area contributed by atoms with E-state index in [-0.39, 0.29) is 0 Å². The van der Waals surface area contributed by atoms with Crippen LogP contribution in [0.5, 0.6) is 5.75 Å². The lowest BCUT2D eigenvalue weighted by atomic mass is 10.1. The van der Waals surface area contributed by atoms with E-state index in [1.54, 1.807) is 14.0 Å². The molecule has 0 aliphatic carbocycles. The van der Waals surface area contributed by atoms with E-state index in [1.807, 2.05) is 48.5 Å². The predicted octanol–water partition coefficient (Wildman–Crippen LogP) is 3.15. The fraction of sp³-hybridized carbons (Fsp3) is 0.176. The molecule has 2 aromatic carbocycles. The van der Waals surface area contributed by atoms with Gasteiger partial charge in [0.15, 0.2) is 0 Å². The molecule has 0 unspecified atom stereocenters. The molecule has 2 rings (SSSR count). The van der Waals surface area contributed by atoms with Crippen LogP contribution in [-0.4, -0.2) is 12.2 Å². The van der Waals surface area contributed by atoms with Crippen LogP contribution in [0, 0.1) is 11.8 Å². The molecule has 0 radical (unpaired) electrons. The molecule has 0 spiro atoms. The van der Waals surface area contributed by atoms with Crippen molar-refractivity contribution in [1.29, 1.82) is 0 Å². The second kappa shape index (κ2) is 6.08. The Kier molecular flexibility index (Phi) is 4.22. The molecule has 0 saturated heterocycles. The molecular weight excluding hydrogens is 236 g/mol. The summed E-state index contributed by atoms with van der Waals surface area (Å²) >= 11 is 0. The van der Waals surface area contributed by atoms with Gasteiger partial charge in [-0.2, -0.15) is 0 Å². The zero-order chi connectivity index (χ0) is 13.7. The van der Waals surface area contributed by atoms with Gasteiger partial charge in [-0.3, -0.25) is 0 Å². The predicted molar refractivity (Wildman–Crippen MR) is 76.0 cm³/mol. The van der Waals surface area contributed by atoms with Crippen molar-refractivity contribution in [2.45, 2.75) is 13.0 Å². The van der Waals surface area contributed by atoms with Gasteiger partial charge >= 0.3 is 0 Å². The van der Waals surface area contributed by atoms with Crippen LogP contribution in [0.4, 0.5) is 0 Å². The second-order valence-electron chi connectivity index (χ2n) is 4.28. The third-order valence-corrected chi connectivity index (χ3v) is 2.81. The zero-order valence-electron chi connectivity index (χ0n) is 11.1. The highest BCUT2D eigenvalue weighted by atomic mass is 16.5. The van der Waals surface area contributed by atoms with Crippen LogP contribution in [-0.2, 0) is 0 Å². The zero-order valence-corrected chi connectivity index (χ0v) is 11.1. The summed E-state index contributed by atoms with van der Waals surface area (Å²) in [6, 6.07) is 15.3. The topological polar surface area (TPSA) is 29.5 Å². The maximum absolute atomic E-state index is 9.43. The summed E-state index contributed by atoms with van der Waals surface area (Å²) in [5.74, 6) is 6.99. The number of hydrogen-bond acceptors (Lipinski definition) is 2. The van der Waals surface area contributed by atoms with Crippen molar-refractivity contribution in [3.05, 3.63) is 65.2 Å². The van der Waals surface area contributed by atoms with E-state index < -0.39 is 6.10 Å². The van der Waals surface area contributed by atoms with Crippen molar-refractivity contribution >= 4 is 0 Å². The van der Waals surface area contributed by atoms with Gasteiger partial charge in [0.25, 0.3) is 0 Å². The monoisotopic (exact) mass is 252 g/mol. The van der Waals surface area contributed by atoms with Crippen molar-refractivity contribution in [1.82, 2.24) is 0 Å². The Labute approximate surface area is 113 Å². The molecule has 2 nitrogen and oxygen atoms in total. The lowest BCUT2D eigenvalue weighted by Gasteiger charge is -2.03. The summed E-state index contributed by atoms with van der Waals surface area (Å²) in [5, 5.41) is 9.43. The highest BCUT2D eigenvalue weighted by Gasteiger charge is 1.98. The Morgan fingerprint density at radius 1 is 1.00 bits per heavy atom. The summed E-state index contributed by atoms with van der Waals surface area (Å²) in [6.45, 7) is 1.75. The Bertz CT molecular complexity index is 601. The number of benzene rings is 2. The number of ether oxygens (including phenoxy) is 1. The van der Waals surface area contributed by atoms with Crippen LogP contribution in [0.3, 0.4) is 0 Å². The molecule has 0 amide bonds. The minimum atomic E-state index is -0.444. The van der Waals surface area contributed by atoms with Gasteiger partial charge in [0.2, 0.25) is 0 Å². The van der Waals surface area contributed by atoms with Gasteiger partial charge in [0, 0.05) is 11.1 Å². The Hall–Kier alpha value is -2.24. The third kappa shape index (κ3) is 3.61. The van der Waals surface area contributed by atoms with Crippen molar-refractivity contribution in [3.8, 4) is 17.6 Å². The summed E-state index contributed by atoms with van der Waals surface area (Å²) in [7, 11) is 1.64. The molecule has 0 aromatic heterocycles. The molecule has 1 atom stereocenters. The van der Waals surface area contributed by atoms with Crippen LogP contribution in [0.1, 0.15) is 29.7 Å². The van der Waals surface area contributed by atoms with E-state index in [4.69, 9.17) is 4.74 Å². The number of aliphatic hydroxyl groups excluding tert-OH is 1. The molecule has 0 aliphatic rings. The van der Waals surface area contributed by atoms with Gasteiger partial charge in [-0.05, 0) is 42.8 Å². The highest BCUT2D eigenvalue weighted by Crippen LogP contribution is 2.13. The summed E-state index contributed by atoms with van der Waals surface area (Å²) in [6.07, 6.45) is -0.444. The quantitative estimate of drug-likeness (QED) is 0.832. The molecule has 0 fully saturated rings. The van der Waals surface area contributed by atoms with E-state index >= 15 is 0 Å². The van der Waals surface area contributed by atoms with Crippen molar-refractivity contribution in [2.75, 3.05) is 7.11 Å². The average Bonchev–Trinajstić information content (AvgIpc) is 2.46. The maximum atomic E-state index is 9.43.